The maximum atomic E-state index is 9.92. The highest BCUT2D eigenvalue weighted by Gasteiger charge is 2.13. The van der Waals surface area contributed by atoms with Crippen molar-refractivity contribution < 1.29 is 5.02 Å². The first-order chi connectivity index (χ1) is 16.3. The Morgan fingerprint density at radius 1 is 0.485 bits per heavy atom. The van der Waals surface area contributed by atoms with Gasteiger partial charge < -0.3 is 9.59 Å². The zero-order valence-electron chi connectivity index (χ0n) is 18.1. The van der Waals surface area contributed by atoms with Crippen molar-refractivity contribution in [3.63, 3.8) is 0 Å². The van der Waals surface area contributed by atoms with Crippen LogP contribution in [0.2, 0.25) is 0 Å². The summed E-state index contributed by atoms with van der Waals surface area (Å²) in [4.78, 5) is 0. The highest BCUT2D eigenvalue weighted by atomic mass is 16.2. The Labute approximate surface area is 193 Å². The molecule has 0 saturated carbocycles. The van der Waals surface area contributed by atoms with Crippen LogP contribution in [0, 0.1) is 0 Å². The van der Waals surface area contributed by atoms with E-state index in [1.165, 1.54) is 21.8 Å². The molecule has 0 amide bonds. The Kier molecular flexibility index (Phi) is 4.82. The smallest absolute Gasteiger partial charge is 0.304 e. The molecule has 6 aromatic rings. The van der Waals surface area contributed by atoms with Crippen LogP contribution in [0.1, 0.15) is 0 Å². The van der Waals surface area contributed by atoms with Crippen molar-refractivity contribution in [2.75, 3.05) is 0 Å². The van der Waals surface area contributed by atoms with Crippen molar-refractivity contribution in [3.05, 3.63) is 121 Å². The van der Waals surface area contributed by atoms with Crippen molar-refractivity contribution in [2.45, 2.75) is 0 Å². The summed E-state index contributed by atoms with van der Waals surface area (Å²) < 4.78 is 2.33. The van der Waals surface area contributed by atoms with Crippen molar-refractivity contribution in [3.8, 4) is 27.9 Å². The molecule has 0 atom stereocenters. The van der Waals surface area contributed by atoms with E-state index >= 15 is 0 Å². The summed E-state index contributed by atoms with van der Waals surface area (Å²) in [7, 11) is 0.0171. The number of rotatable bonds is 4. The fourth-order valence-electron chi connectivity index (χ4n) is 4.75. The van der Waals surface area contributed by atoms with E-state index in [0.717, 1.165) is 33.4 Å². The molecule has 33 heavy (non-hydrogen) atoms. The summed E-state index contributed by atoms with van der Waals surface area (Å²) in [6.07, 6.45) is 0. The predicted molar refractivity (Wildman–Crippen MR) is 141 cm³/mol. The van der Waals surface area contributed by atoms with Crippen LogP contribution in [0.3, 0.4) is 0 Å². The van der Waals surface area contributed by atoms with Gasteiger partial charge in [-0.3, -0.25) is 0 Å². The number of aromatic nitrogens is 1. The third kappa shape index (κ3) is 3.43. The van der Waals surface area contributed by atoms with Gasteiger partial charge in [0, 0.05) is 16.5 Å². The predicted octanol–water partition coefficient (Wildman–Crippen LogP) is 6.09. The summed E-state index contributed by atoms with van der Waals surface area (Å²) in [6.45, 7) is 0. The second-order valence-corrected chi connectivity index (χ2v) is 8.36. The minimum atomic E-state index is 0.0171. The van der Waals surface area contributed by atoms with Gasteiger partial charge in [0.25, 0.3) is 0 Å². The lowest BCUT2D eigenvalue weighted by molar-refractivity contribution is 0.615. The second kappa shape index (κ2) is 8.12. The first-order valence-corrected chi connectivity index (χ1v) is 11.2. The molecule has 1 aromatic heterocycles. The Bertz CT molecular complexity index is 1590. The first kappa shape index (κ1) is 19.6. The van der Waals surface area contributed by atoms with E-state index in [0.29, 0.717) is 0 Å². The fourth-order valence-corrected chi connectivity index (χ4v) is 4.75. The SMILES string of the molecule is OBc1cc(-c2ccccc2)cc(-c2ccc3c(c2)c2ccccc2n3-c2ccccc2)c1. The summed E-state index contributed by atoms with van der Waals surface area (Å²) in [5.74, 6) is 0. The molecular weight excluding hydrogens is 401 g/mol. The highest BCUT2D eigenvalue weighted by molar-refractivity contribution is 6.46. The molecule has 0 bridgehead atoms. The lowest BCUT2D eigenvalue weighted by Gasteiger charge is -2.10. The fraction of sp³-hybridized carbons (Fsp3) is 0. The molecule has 156 valence electrons. The van der Waals surface area contributed by atoms with Gasteiger partial charge in [-0.05, 0) is 58.7 Å². The van der Waals surface area contributed by atoms with Gasteiger partial charge in [0.15, 0.2) is 0 Å². The van der Waals surface area contributed by atoms with Gasteiger partial charge in [0.2, 0.25) is 0 Å². The molecular formula is C30H22BNO. The molecule has 6 rings (SSSR count). The molecule has 0 aliphatic carbocycles. The molecule has 0 aliphatic rings. The Hall–Kier alpha value is -4.08. The monoisotopic (exact) mass is 423 g/mol. The van der Waals surface area contributed by atoms with Crippen LogP contribution < -0.4 is 5.46 Å². The van der Waals surface area contributed by atoms with Crippen molar-refractivity contribution in [1.29, 1.82) is 0 Å². The summed E-state index contributed by atoms with van der Waals surface area (Å²) in [5.41, 5.74) is 8.98. The van der Waals surface area contributed by atoms with Gasteiger partial charge in [-0.1, -0.05) is 90.4 Å². The normalized spacial score (nSPS) is 11.2. The van der Waals surface area contributed by atoms with E-state index in [2.05, 4.69) is 102 Å². The number of fused-ring (bicyclic) bond motifs is 3. The minimum Gasteiger partial charge on any atom is -0.449 e. The molecule has 0 unspecified atom stereocenters. The maximum absolute atomic E-state index is 9.92. The van der Waals surface area contributed by atoms with Crippen LogP contribution in [0.15, 0.2) is 121 Å². The molecule has 1 heterocycles. The van der Waals surface area contributed by atoms with Gasteiger partial charge >= 0.3 is 7.48 Å². The minimum absolute atomic E-state index is 0.0171. The maximum Gasteiger partial charge on any atom is 0.304 e. The average Bonchev–Trinajstić information content (AvgIpc) is 3.23. The Morgan fingerprint density at radius 2 is 1.12 bits per heavy atom. The molecule has 0 radical (unpaired) electrons. The second-order valence-electron chi connectivity index (χ2n) is 8.36. The first-order valence-electron chi connectivity index (χ1n) is 11.2. The zero-order valence-corrected chi connectivity index (χ0v) is 18.1. The van der Waals surface area contributed by atoms with Crippen molar-refractivity contribution >= 4 is 34.8 Å². The molecule has 0 saturated heterocycles. The summed E-state index contributed by atoms with van der Waals surface area (Å²) in [6, 6.07) is 42.5. The molecule has 3 heteroatoms. The third-order valence-corrected chi connectivity index (χ3v) is 6.30. The molecule has 5 aromatic carbocycles. The zero-order chi connectivity index (χ0) is 22.2. The lowest BCUT2D eigenvalue weighted by Crippen LogP contribution is -2.13. The number of benzene rings is 5. The molecule has 0 spiro atoms. The van der Waals surface area contributed by atoms with Crippen molar-refractivity contribution in [2.24, 2.45) is 0 Å². The number of hydrogen-bond acceptors (Lipinski definition) is 1. The van der Waals surface area contributed by atoms with Crippen LogP contribution in [-0.4, -0.2) is 17.1 Å². The quantitative estimate of drug-likeness (QED) is 0.341. The topological polar surface area (TPSA) is 25.2 Å². The lowest BCUT2D eigenvalue weighted by atomic mass is 9.83. The molecule has 0 fully saturated rings. The molecule has 1 N–H and O–H groups in total. The van der Waals surface area contributed by atoms with Gasteiger partial charge in [-0.25, -0.2) is 0 Å². The van der Waals surface area contributed by atoms with Crippen LogP contribution in [0.4, 0.5) is 0 Å². The van der Waals surface area contributed by atoms with Gasteiger partial charge in [-0.2, -0.15) is 0 Å². The number of hydrogen-bond donors (Lipinski definition) is 1. The largest absolute Gasteiger partial charge is 0.449 e. The molecule has 0 aliphatic heterocycles. The Balaban J connectivity index is 1.58. The standard InChI is InChI=1S/C30H22BNO/c33-31-25-18-23(21-9-3-1-4-10-21)17-24(19-25)22-15-16-30-28(20-22)27-13-7-8-14-29(27)32(30)26-11-5-2-6-12-26/h1-20,31,33H. The van der Waals surface area contributed by atoms with Crippen LogP contribution in [0.25, 0.3) is 49.7 Å². The summed E-state index contributed by atoms with van der Waals surface area (Å²) in [5, 5.41) is 12.4. The van der Waals surface area contributed by atoms with E-state index in [9.17, 15) is 5.02 Å². The third-order valence-electron chi connectivity index (χ3n) is 6.30. The van der Waals surface area contributed by atoms with Gasteiger partial charge in [0.05, 0.1) is 11.0 Å². The Morgan fingerprint density at radius 3 is 1.88 bits per heavy atom. The van der Waals surface area contributed by atoms with Crippen molar-refractivity contribution in [1.82, 2.24) is 4.57 Å². The van der Waals surface area contributed by atoms with Crippen LogP contribution in [-0.2, 0) is 0 Å². The average molecular weight is 423 g/mol. The van der Waals surface area contributed by atoms with E-state index in [4.69, 9.17) is 0 Å². The highest BCUT2D eigenvalue weighted by Crippen LogP contribution is 2.35. The van der Waals surface area contributed by atoms with E-state index in [1.807, 2.05) is 24.3 Å². The van der Waals surface area contributed by atoms with E-state index < -0.39 is 0 Å². The van der Waals surface area contributed by atoms with E-state index in [1.54, 1.807) is 0 Å². The van der Waals surface area contributed by atoms with Gasteiger partial charge in [0.1, 0.15) is 0 Å². The van der Waals surface area contributed by atoms with Crippen LogP contribution >= 0.6 is 0 Å². The summed E-state index contributed by atoms with van der Waals surface area (Å²) >= 11 is 0. The number of nitrogens with zero attached hydrogens (tertiary/aromatic N) is 1. The van der Waals surface area contributed by atoms with Crippen LogP contribution in [0.5, 0.6) is 0 Å². The molecule has 2 nitrogen and oxygen atoms in total. The van der Waals surface area contributed by atoms with Gasteiger partial charge in [-0.15, -0.1) is 0 Å². The number of para-hydroxylation sites is 2. The van der Waals surface area contributed by atoms with E-state index in [-0.39, 0.29) is 7.48 Å².